The van der Waals surface area contributed by atoms with E-state index in [1.165, 1.54) is 0 Å². The maximum Gasteiger partial charge on any atom is 0.337 e. The van der Waals surface area contributed by atoms with Crippen molar-refractivity contribution >= 4 is 5.97 Å². The van der Waals surface area contributed by atoms with Gasteiger partial charge in [0.05, 0.1) is 5.56 Å². The summed E-state index contributed by atoms with van der Waals surface area (Å²) in [6, 6.07) is 0.877. The molecule has 0 amide bonds. The van der Waals surface area contributed by atoms with Crippen LogP contribution in [-0.2, 0) is 4.79 Å². The SMILES string of the molecule is O=C(O)C(O)c1c(O)c(F)cc2c1OCCO2. The van der Waals surface area contributed by atoms with Crippen LogP contribution in [0.5, 0.6) is 17.2 Å². The van der Waals surface area contributed by atoms with Crippen molar-refractivity contribution in [2.45, 2.75) is 6.10 Å². The number of rotatable bonds is 2. The Kier molecular flexibility index (Phi) is 2.76. The molecule has 0 spiro atoms. The average molecular weight is 244 g/mol. The molecule has 1 aliphatic rings. The fourth-order valence-electron chi connectivity index (χ4n) is 1.55. The van der Waals surface area contributed by atoms with Gasteiger partial charge in [0.25, 0.3) is 0 Å². The fraction of sp³-hybridized carbons (Fsp3) is 0.300. The molecule has 0 radical (unpaired) electrons. The van der Waals surface area contributed by atoms with Crippen LogP contribution in [0.3, 0.4) is 0 Å². The number of carboxylic acids is 1. The first kappa shape index (κ1) is 11.5. The number of halogens is 1. The molecule has 0 aliphatic carbocycles. The van der Waals surface area contributed by atoms with Gasteiger partial charge in [0.15, 0.2) is 29.2 Å². The zero-order valence-electron chi connectivity index (χ0n) is 8.51. The van der Waals surface area contributed by atoms with Crippen LogP contribution in [0.25, 0.3) is 0 Å². The van der Waals surface area contributed by atoms with Crippen molar-refractivity contribution in [2.75, 3.05) is 13.2 Å². The van der Waals surface area contributed by atoms with Crippen molar-refractivity contribution in [2.24, 2.45) is 0 Å². The second-order valence-electron chi connectivity index (χ2n) is 3.39. The Labute approximate surface area is 94.8 Å². The highest BCUT2D eigenvalue weighted by atomic mass is 19.1. The first-order valence-electron chi connectivity index (χ1n) is 4.74. The van der Waals surface area contributed by atoms with Crippen molar-refractivity contribution < 1.29 is 34.0 Å². The lowest BCUT2D eigenvalue weighted by Gasteiger charge is -2.23. The lowest BCUT2D eigenvalue weighted by atomic mass is 10.1. The van der Waals surface area contributed by atoms with Gasteiger partial charge in [-0.3, -0.25) is 0 Å². The van der Waals surface area contributed by atoms with Crippen LogP contribution in [0.15, 0.2) is 6.07 Å². The molecule has 92 valence electrons. The quantitative estimate of drug-likeness (QED) is 0.697. The van der Waals surface area contributed by atoms with Gasteiger partial charge in [-0.15, -0.1) is 0 Å². The molecule has 0 saturated carbocycles. The Balaban J connectivity index is 2.62. The summed E-state index contributed by atoms with van der Waals surface area (Å²) in [7, 11) is 0. The lowest BCUT2D eigenvalue weighted by molar-refractivity contribution is -0.147. The van der Waals surface area contributed by atoms with Crippen LogP contribution < -0.4 is 9.47 Å². The lowest BCUT2D eigenvalue weighted by Crippen LogP contribution is -2.20. The molecule has 2 rings (SSSR count). The second kappa shape index (κ2) is 4.10. The number of phenols is 1. The third kappa shape index (κ3) is 1.84. The molecule has 6 nitrogen and oxygen atoms in total. The summed E-state index contributed by atoms with van der Waals surface area (Å²) in [4.78, 5) is 10.7. The third-order valence-electron chi connectivity index (χ3n) is 2.30. The normalized spacial score (nSPS) is 15.4. The number of hydrogen-bond acceptors (Lipinski definition) is 5. The number of aliphatic hydroxyl groups is 1. The van der Waals surface area contributed by atoms with Gasteiger partial charge in [-0.05, 0) is 0 Å². The van der Waals surface area contributed by atoms with Crippen molar-refractivity contribution in [1.29, 1.82) is 0 Å². The Hall–Kier alpha value is -2.02. The highest BCUT2D eigenvalue weighted by Crippen LogP contribution is 2.44. The van der Waals surface area contributed by atoms with Crippen molar-refractivity contribution in [1.82, 2.24) is 0 Å². The number of fused-ring (bicyclic) bond motifs is 1. The maximum atomic E-state index is 13.3. The molecule has 1 atom stereocenters. The molecule has 3 N–H and O–H groups in total. The van der Waals surface area contributed by atoms with E-state index in [1.54, 1.807) is 0 Å². The average Bonchev–Trinajstić information content (AvgIpc) is 2.30. The topological polar surface area (TPSA) is 96.2 Å². The summed E-state index contributed by atoms with van der Waals surface area (Å²) in [5.41, 5.74) is -0.535. The predicted molar refractivity (Wildman–Crippen MR) is 51.7 cm³/mol. The van der Waals surface area contributed by atoms with Gasteiger partial charge in [0, 0.05) is 6.07 Å². The van der Waals surface area contributed by atoms with Crippen LogP contribution in [0, 0.1) is 5.82 Å². The Morgan fingerprint density at radius 1 is 1.41 bits per heavy atom. The summed E-state index contributed by atoms with van der Waals surface area (Å²) in [5.74, 6) is -3.84. The van der Waals surface area contributed by atoms with E-state index in [0.717, 1.165) is 6.07 Å². The van der Waals surface area contributed by atoms with Crippen LogP contribution in [0.2, 0.25) is 0 Å². The fourth-order valence-corrected chi connectivity index (χ4v) is 1.55. The minimum atomic E-state index is -2.08. The summed E-state index contributed by atoms with van der Waals surface area (Å²) >= 11 is 0. The highest BCUT2D eigenvalue weighted by Gasteiger charge is 2.31. The minimum absolute atomic E-state index is 0.0400. The number of hydrogen-bond donors (Lipinski definition) is 3. The molecule has 0 bridgehead atoms. The summed E-state index contributed by atoms with van der Waals surface area (Å²) in [6.07, 6.45) is -2.08. The third-order valence-corrected chi connectivity index (χ3v) is 2.30. The number of aliphatic carboxylic acids is 1. The van der Waals surface area contributed by atoms with E-state index in [2.05, 4.69) is 0 Å². The summed E-state index contributed by atoms with van der Waals surface area (Å²) in [6.45, 7) is 0.303. The van der Waals surface area contributed by atoms with E-state index in [0.29, 0.717) is 0 Å². The Bertz CT molecular complexity index is 472. The van der Waals surface area contributed by atoms with E-state index in [9.17, 15) is 19.4 Å². The predicted octanol–water partition coefficient (Wildman–Crippen LogP) is 0.420. The van der Waals surface area contributed by atoms with E-state index < -0.39 is 29.2 Å². The molecular weight excluding hydrogens is 235 g/mol. The molecule has 0 saturated heterocycles. The number of aliphatic hydroxyl groups excluding tert-OH is 1. The summed E-state index contributed by atoms with van der Waals surface area (Å²) < 4.78 is 23.4. The molecule has 1 aromatic rings. The van der Waals surface area contributed by atoms with E-state index in [-0.39, 0.29) is 24.7 Å². The first-order valence-corrected chi connectivity index (χ1v) is 4.74. The van der Waals surface area contributed by atoms with Gasteiger partial charge in [-0.2, -0.15) is 0 Å². The van der Waals surface area contributed by atoms with Crippen LogP contribution in [0.4, 0.5) is 4.39 Å². The molecule has 17 heavy (non-hydrogen) atoms. The molecule has 7 heteroatoms. The van der Waals surface area contributed by atoms with E-state index in [1.807, 2.05) is 0 Å². The smallest absolute Gasteiger partial charge is 0.337 e. The Morgan fingerprint density at radius 2 is 2.06 bits per heavy atom. The van der Waals surface area contributed by atoms with Crippen LogP contribution in [-0.4, -0.2) is 34.5 Å². The largest absolute Gasteiger partial charge is 0.504 e. The number of benzene rings is 1. The number of ether oxygens (including phenoxy) is 2. The van der Waals surface area contributed by atoms with Gasteiger partial charge in [-0.1, -0.05) is 0 Å². The molecule has 1 aromatic carbocycles. The second-order valence-corrected chi connectivity index (χ2v) is 3.39. The van der Waals surface area contributed by atoms with Crippen molar-refractivity contribution in [3.05, 3.63) is 17.4 Å². The van der Waals surface area contributed by atoms with Crippen LogP contribution in [0.1, 0.15) is 11.7 Å². The zero-order valence-corrected chi connectivity index (χ0v) is 8.51. The number of aromatic hydroxyl groups is 1. The standard InChI is InChI=1S/C10H9FO6/c11-4-3-5-9(17-2-1-16-5)6(7(4)12)8(13)10(14)15/h3,8,12-13H,1-2H2,(H,14,15). The molecule has 1 unspecified atom stereocenters. The van der Waals surface area contributed by atoms with Gasteiger partial charge in [0.2, 0.25) is 0 Å². The van der Waals surface area contributed by atoms with Gasteiger partial charge >= 0.3 is 5.97 Å². The van der Waals surface area contributed by atoms with E-state index >= 15 is 0 Å². The zero-order chi connectivity index (χ0) is 12.6. The van der Waals surface area contributed by atoms with Gasteiger partial charge in [0.1, 0.15) is 13.2 Å². The number of phenolic OH excluding ortho intramolecular Hbond substituents is 1. The molecule has 0 fully saturated rings. The molecule has 1 heterocycles. The highest BCUT2D eigenvalue weighted by molar-refractivity contribution is 5.77. The van der Waals surface area contributed by atoms with Gasteiger partial charge in [-0.25, -0.2) is 9.18 Å². The monoisotopic (exact) mass is 244 g/mol. The minimum Gasteiger partial charge on any atom is -0.504 e. The molecule has 0 aromatic heterocycles. The van der Waals surface area contributed by atoms with Crippen molar-refractivity contribution in [3.63, 3.8) is 0 Å². The maximum absolute atomic E-state index is 13.3. The van der Waals surface area contributed by atoms with Crippen molar-refractivity contribution in [3.8, 4) is 17.2 Å². The molecular formula is C10H9FO6. The number of carboxylic acid groups (broad SMARTS) is 1. The summed E-state index contributed by atoms with van der Waals surface area (Å²) in [5, 5.41) is 27.5. The molecule has 1 aliphatic heterocycles. The van der Waals surface area contributed by atoms with E-state index in [4.69, 9.17) is 14.6 Å². The van der Waals surface area contributed by atoms with Gasteiger partial charge < -0.3 is 24.8 Å². The Morgan fingerprint density at radius 3 is 2.71 bits per heavy atom. The number of carbonyl (C=O) groups is 1. The van der Waals surface area contributed by atoms with Crippen LogP contribution >= 0.6 is 0 Å². The first-order chi connectivity index (χ1) is 8.02.